The van der Waals surface area contributed by atoms with Gasteiger partial charge in [-0.2, -0.15) is 0 Å². The molecule has 0 saturated carbocycles. The third kappa shape index (κ3) is 0.0653. The molecule has 94 valence electrons. The van der Waals surface area contributed by atoms with E-state index in [0.717, 1.165) is 33.7 Å². The average molecular weight is 284 g/mol. The Morgan fingerprint density at radius 1 is 0.882 bits per heavy atom. The Kier molecular flexibility index (Phi) is 0.194. The van der Waals surface area contributed by atoms with Crippen LogP contribution in [0.2, 0.25) is 47.7 Å². The third-order valence-electron chi connectivity index (χ3n) is 15.5. The fourth-order valence-corrected chi connectivity index (χ4v) is 92.0. The number of fused-ring (bicyclic) bond motifs is 10. The SMILES string of the molecule is OC(C(F)(F)F)[C]12[CH]3[CH]4[CH]5[CH]1[Fe]45321678[CH]2[CH]1[CH]6[CH]7[CH]28. The molecule has 10 saturated heterocycles. The zero-order chi connectivity index (χ0) is 11.1. The summed E-state index contributed by atoms with van der Waals surface area (Å²) in [4.78, 5) is 7.09. The van der Waals surface area contributed by atoms with Crippen LogP contribution in [0.25, 0.3) is 0 Å². The molecule has 0 radical (unpaired) electrons. The second-order valence-electron chi connectivity index (χ2n) is 10.7. The molecule has 5 atom stereocenters. The van der Waals surface area contributed by atoms with Crippen molar-refractivity contribution in [2.24, 2.45) is 0 Å². The van der Waals surface area contributed by atoms with E-state index in [9.17, 15) is 18.3 Å². The van der Waals surface area contributed by atoms with Gasteiger partial charge in [-0.05, 0) is 0 Å². The topological polar surface area (TPSA) is 20.2 Å². The van der Waals surface area contributed by atoms with Crippen molar-refractivity contribution in [1.29, 1.82) is 0 Å². The van der Waals surface area contributed by atoms with Crippen molar-refractivity contribution >= 4 is 0 Å². The van der Waals surface area contributed by atoms with Crippen molar-refractivity contribution in [2.45, 2.75) is 59.9 Å². The van der Waals surface area contributed by atoms with E-state index >= 15 is 0 Å². The molecular formula is C12H11F3FeO. The van der Waals surface area contributed by atoms with E-state index in [2.05, 4.69) is 0 Å². The van der Waals surface area contributed by atoms with E-state index < -0.39 is 23.1 Å². The first-order valence-corrected chi connectivity index (χ1v) is 13.0. The predicted molar refractivity (Wildman–Crippen MR) is 48.5 cm³/mol. The van der Waals surface area contributed by atoms with E-state index in [1.54, 1.807) is 0 Å². The monoisotopic (exact) mass is 284 g/mol. The van der Waals surface area contributed by atoms with Gasteiger partial charge in [-0.15, -0.1) is 0 Å². The summed E-state index contributed by atoms with van der Waals surface area (Å²) in [6.07, 6.45) is -6.23. The summed E-state index contributed by atoms with van der Waals surface area (Å²) in [5.41, 5.74) is 0. The van der Waals surface area contributed by atoms with E-state index in [4.69, 9.17) is 0 Å². The van der Waals surface area contributed by atoms with Gasteiger partial charge in [0.2, 0.25) is 0 Å². The molecule has 0 aromatic rings. The van der Waals surface area contributed by atoms with Crippen LogP contribution in [-0.2, 0) is 6.51 Å². The van der Waals surface area contributed by atoms with E-state index in [0.29, 0.717) is 9.63 Å². The molecular weight excluding hydrogens is 273 g/mol. The van der Waals surface area contributed by atoms with Crippen LogP contribution >= 0.6 is 0 Å². The summed E-state index contributed by atoms with van der Waals surface area (Å²) >= 11 is 0. The molecule has 1 nitrogen and oxygen atoms in total. The van der Waals surface area contributed by atoms with Crippen molar-refractivity contribution in [1.82, 2.24) is 0 Å². The van der Waals surface area contributed by atoms with E-state index in [1.807, 2.05) is 0 Å². The fourth-order valence-electron chi connectivity index (χ4n) is 17.4. The minimum atomic E-state index is -4.34. The molecule has 10 aliphatic heterocycles. The van der Waals surface area contributed by atoms with Gasteiger partial charge in [0.25, 0.3) is 0 Å². The Morgan fingerprint density at radius 3 is 1.47 bits per heavy atom. The van der Waals surface area contributed by atoms with Gasteiger partial charge in [-0.1, -0.05) is 0 Å². The van der Waals surface area contributed by atoms with Gasteiger partial charge >= 0.3 is 84.7 Å². The summed E-state index contributed by atoms with van der Waals surface area (Å²) in [5.74, 6) is 0. The minimum absolute atomic E-state index is 0.433. The molecule has 0 bridgehead atoms. The van der Waals surface area contributed by atoms with Gasteiger partial charge in [0.1, 0.15) is 0 Å². The maximum atomic E-state index is 13.1. The van der Waals surface area contributed by atoms with Crippen LogP contribution in [0.4, 0.5) is 13.2 Å². The first-order chi connectivity index (χ1) is 7.70. The average Bonchev–Trinajstić information content (AvgIpc) is 3.20. The third-order valence-corrected chi connectivity index (χ3v) is 58.1. The first-order valence-electron chi connectivity index (χ1n) is 6.66. The molecule has 17 heavy (non-hydrogen) atoms. The number of halogens is 3. The summed E-state index contributed by atoms with van der Waals surface area (Å²) in [7, 11) is 0. The Labute approximate surface area is 85.0 Å². The van der Waals surface area contributed by atoms with Gasteiger partial charge in [-0.25, -0.2) is 0 Å². The second-order valence-corrected chi connectivity index (χ2v) is 34.3. The van der Waals surface area contributed by atoms with E-state index in [-0.39, 0.29) is 0 Å². The van der Waals surface area contributed by atoms with Crippen LogP contribution in [-0.4, -0.2) is 17.4 Å². The van der Waals surface area contributed by atoms with Crippen LogP contribution in [0.5, 0.6) is 0 Å². The molecule has 10 aliphatic rings. The molecule has 0 aliphatic carbocycles. The first kappa shape index (κ1) is 6.62. The zero-order valence-electron chi connectivity index (χ0n) is 8.71. The molecule has 10 fully saturated rings. The molecule has 0 aromatic heterocycles. The van der Waals surface area contributed by atoms with Crippen LogP contribution in [0.1, 0.15) is 0 Å². The summed E-state index contributed by atoms with van der Waals surface area (Å²) in [5, 5.41) is 10.1. The standard InChI is InChI=1S/C7H6F3O.C5H5.Fe/c8-7(9,10)6(11)5-3-1-2-4-5;1-2-4-5-3-1;/h1-4,6,11H;1-5H;. The number of rotatable bonds is 1. The summed E-state index contributed by atoms with van der Waals surface area (Å²) in [6, 6.07) is 0. The predicted octanol–water partition coefficient (Wildman–Crippen LogP) is 3.67. The molecule has 0 aromatic carbocycles. The molecule has 10 rings (SSSR count). The van der Waals surface area contributed by atoms with Crippen molar-refractivity contribution in [3.8, 4) is 0 Å². The summed E-state index contributed by atoms with van der Waals surface area (Å²) in [6.45, 7) is -3.72. The quantitative estimate of drug-likeness (QED) is 0.728. The zero-order valence-corrected chi connectivity index (χ0v) is 9.81. The number of hydrogen-bond donors (Lipinski definition) is 1. The van der Waals surface area contributed by atoms with Gasteiger partial charge in [0.05, 0.1) is 0 Å². The Bertz CT molecular complexity index is 897. The Morgan fingerprint density at radius 2 is 1.29 bits per heavy atom. The molecule has 1 spiro atoms. The number of aliphatic hydroxyl groups excluding tert-OH is 1. The normalized spacial score (nSPS) is 122. The number of hydrogen-bond acceptors (Lipinski definition) is 1. The van der Waals surface area contributed by atoms with Crippen LogP contribution < -0.4 is 0 Å². The maximum absolute atomic E-state index is 13.1. The molecule has 0 amide bonds. The van der Waals surface area contributed by atoms with Gasteiger partial charge in [0, 0.05) is 0 Å². The van der Waals surface area contributed by atoms with Gasteiger partial charge in [0.15, 0.2) is 0 Å². The van der Waals surface area contributed by atoms with E-state index in [1.165, 1.54) is 0 Å². The van der Waals surface area contributed by atoms with Gasteiger partial charge in [-0.3, -0.25) is 0 Å². The Balaban J connectivity index is 1.59. The second kappa shape index (κ2) is 0.498. The van der Waals surface area contributed by atoms with Crippen LogP contribution in [0.15, 0.2) is 0 Å². The van der Waals surface area contributed by atoms with Crippen molar-refractivity contribution < 1.29 is 24.8 Å². The molecule has 1 N–H and O–H groups in total. The number of aliphatic hydroxyl groups is 1. The van der Waals surface area contributed by atoms with Crippen LogP contribution in [0, 0.1) is 0 Å². The fraction of sp³-hybridized carbons (Fsp3) is 1.00. The van der Waals surface area contributed by atoms with Crippen molar-refractivity contribution in [2.75, 3.05) is 0 Å². The van der Waals surface area contributed by atoms with Crippen molar-refractivity contribution in [3.63, 3.8) is 0 Å². The van der Waals surface area contributed by atoms with Gasteiger partial charge < -0.3 is 0 Å². The summed E-state index contributed by atoms with van der Waals surface area (Å²) < 4.78 is 38.9. The molecule has 5 unspecified atom stereocenters. The van der Waals surface area contributed by atoms with Crippen LogP contribution in [0.3, 0.4) is 0 Å². The molecule has 10 heterocycles. The molecule has 5 heteroatoms. The van der Waals surface area contributed by atoms with Crippen molar-refractivity contribution in [3.05, 3.63) is 0 Å². The Hall–Kier alpha value is 0.269. The number of alkyl halides is 3.